The molecule has 17 heavy (non-hydrogen) atoms. The summed E-state index contributed by atoms with van der Waals surface area (Å²) in [4.78, 5) is 4.31. The van der Waals surface area contributed by atoms with Gasteiger partial charge in [-0.3, -0.25) is 0 Å². The fraction of sp³-hybridized carbons (Fsp3) is 0.833. The van der Waals surface area contributed by atoms with E-state index in [1.807, 2.05) is 0 Å². The largest absolute Gasteiger partial charge is 0.378 e. The third-order valence-corrected chi connectivity index (χ3v) is 2.94. The van der Waals surface area contributed by atoms with Crippen molar-refractivity contribution < 1.29 is 9.26 Å². The van der Waals surface area contributed by atoms with Crippen LogP contribution in [0, 0.1) is 0 Å². The van der Waals surface area contributed by atoms with E-state index in [2.05, 4.69) is 22.4 Å². The van der Waals surface area contributed by atoms with Crippen molar-refractivity contribution in [2.75, 3.05) is 19.7 Å². The Kier molecular flexibility index (Phi) is 4.94. The van der Waals surface area contributed by atoms with E-state index in [9.17, 15) is 0 Å². The fourth-order valence-corrected chi connectivity index (χ4v) is 1.99. The summed E-state index contributed by atoms with van der Waals surface area (Å²) in [6, 6.07) is 0. The first kappa shape index (κ1) is 12.5. The molecule has 5 nitrogen and oxygen atoms in total. The molecule has 1 fully saturated rings. The van der Waals surface area contributed by atoms with Gasteiger partial charge < -0.3 is 14.6 Å². The average Bonchev–Trinajstić information content (AvgIpc) is 2.79. The fourth-order valence-electron chi connectivity index (χ4n) is 1.99. The van der Waals surface area contributed by atoms with Crippen molar-refractivity contribution >= 4 is 0 Å². The zero-order valence-corrected chi connectivity index (χ0v) is 10.4. The van der Waals surface area contributed by atoms with Crippen LogP contribution in [0.25, 0.3) is 0 Å². The minimum atomic E-state index is 0.397. The second-order valence-corrected chi connectivity index (χ2v) is 4.42. The molecule has 0 saturated carbocycles. The van der Waals surface area contributed by atoms with Gasteiger partial charge in [0.2, 0.25) is 5.89 Å². The van der Waals surface area contributed by atoms with Crippen LogP contribution < -0.4 is 5.32 Å². The van der Waals surface area contributed by atoms with Gasteiger partial charge in [-0.05, 0) is 32.4 Å². The van der Waals surface area contributed by atoms with Gasteiger partial charge in [0.05, 0.1) is 19.1 Å². The van der Waals surface area contributed by atoms with Crippen LogP contribution in [0.3, 0.4) is 0 Å². The number of aromatic nitrogens is 2. The van der Waals surface area contributed by atoms with Crippen LogP contribution in [0.1, 0.15) is 37.9 Å². The minimum absolute atomic E-state index is 0.397. The summed E-state index contributed by atoms with van der Waals surface area (Å²) in [7, 11) is 0. The summed E-state index contributed by atoms with van der Waals surface area (Å²) in [6.45, 7) is 4.91. The molecule has 0 aliphatic carbocycles. The predicted molar refractivity (Wildman–Crippen MR) is 63.8 cm³/mol. The first-order chi connectivity index (χ1) is 8.38. The highest BCUT2D eigenvalue weighted by atomic mass is 16.5. The number of rotatable bonds is 6. The lowest BCUT2D eigenvalue weighted by Crippen LogP contribution is -2.32. The Bertz CT molecular complexity index is 321. The van der Waals surface area contributed by atoms with E-state index in [-0.39, 0.29) is 0 Å². The summed E-state index contributed by atoms with van der Waals surface area (Å²) >= 11 is 0. The molecule has 0 radical (unpaired) electrons. The summed E-state index contributed by atoms with van der Waals surface area (Å²) in [5, 5.41) is 7.24. The van der Waals surface area contributed by atoms with Crippen LogP contribution in [-0.2, 0) is 17.6 Å². The predicted octanol–water partition coefficient (Wildman–Crippen LogP) is 1.33. The van der Waals surface area contributed by atoms with Gasteiger partial charge >= 0.3 is 0 Å². The quantitative estimate of drug-likeness (QED) is 0.811. The molecule has 1 aromatic rings. The van der Waals surface area contributed by atoms with E-state index in [0.717, 1.165) is 51.0 Å². The zero-order chi connectivity index (χ0) is 11.9. The van der Waals surface area contributed by atoms with Gasteiger partial charge in [0.15, 0.2) is 5.82 Å². The van der Waals surface area contributed by atoms with Gasteiger partial charge in [-0.25, -0.2) is 0 Å². The van der Waals surface area contributed by atoms with Crippen molar-refractivity contribution in [3.05, 3.63) is 11.7 Å². The van der Waals surface area contributed by atoms with Crippen LogP contribution in [0.15, 0.2) is 4.52 Å². The Morgan fingerprint density at radius 3 is 2.94 bits per heavy atom. The second-order valence-electron chi connectivity index (χ2n) is 4.42. The molecule has 0 spiro atoms. The molecule has 2 rings (SSSR count). The molecule has 1 aromatic heterocycles. The molecule has 0 unspecified atom stereocenters. The first-order valence-electron chi connectivity index (χ1n) is 6.52. The summed E-state index contributed by atoms with van der Waals surface area (Å²) in [6.07, 6.45) is 5.26. The van der Waals surface area contributed by atoms with E-state index in [1.165, 1.54) is 0 Å². The van der Waals surface area contributed by atoms with Gasteiger partial charge in [0.25, 0.3) is 0 Å². The number of nitrogens with zero attached hydrogens (tertiary/aromatic N) is 2. The monoisotopic (exact) mass is 239 g/mol. The van der Waals surface area contributed by atoms with Gasteiger partial charge in [-0.15, -0.1) is 0 Å². The van der Waals surface area contributed by atoms with E-state index < -0.39 is 0 Å². The van der Waals surface area contributed by atoms with Crippen molar-refractivity contribution in [2.24, 2.45) is 0 Å². The van der Waals surface area contributed by atoms with Crippen LogP contribution in [0.2, 0.25) is 0 Å². The third-order valence-electron chi connectivity index (χ3n) is 2.94. The number of aryl methyl sites for hydroxylation is 1. The Balaban J connectivity index is 1.66. The van der Waals surface area contributed by atoms with Gasteiger partial charge in [0, 0.05) is 6.42 Å². The molecule has 5 heteroatoms. The summed E-state index contributed by atoms with van der Waals surface area (Å²) < 4.78 is 10.9. The Morgan fingerprint density at radius 2 is 2.18 bits per heavy atom. The summed E-state index contributed by atoms with van der Waals surface area (Å²) in [5.41, 5.74) is 0. The van der Waals surface area contributed by atoms with Crippen molar-refractivity contribution in [1.29, 1.82) is 0 Å². The number of hydrogen-bond donors (Lipinski definition) is 1. The lowest BCUT2D eigenvalue weighted by molar-refractivity contribution is 0.0322. The molecule has 0 aromatic carbocycles. The standard InChI is InChI=1S/C12H21N3O2/c1-2-3-11-14-12(17-15-11)6-9-16-10-4-7-13-8-5-10/h10,13H,2-9H2,1H3. The highest BCUT2D eigenvalue weighted by Gasteiger charge is 2.13. The van der Waals surface area contributed by atoms with Crippen LogP contribution in [0.4, 0.5) is 0 Å². The molecule has 0 bridgehead atoms. The summed E-state index contributed by atoms with van der Waals surface area (Å²) in [5.74, 6) is 1.51. The minimum Gasteiger partial charge on any atom is -0.378 e. The number of nitrogens with one attached hydrogen (secondary N) is 1. The lowest BCUT2D eigenvalue weighted by atomic mass is 10.1. The van der Waals surface area contributed by atoms with E-state index in [1.54, 1.807) is 0 Å². The number of ether oxygens (including phenoxy) is 1. The van der Waals surface area contributed by atoms with Crippen LogP contribution in [0.5, 0.6) is 0 Å². The normalized spacial score (nSPS) is 17.5. The first-order valence-corrected chi connectivity index (χ1v) is 6.52. The lowest BCUT2D eigenvalue weighted by Gasteiger charge is -2.22. The molecule has 0 amide bonds. The Hall–Kier alpha value is -0.940. The molecule has 1 aliphatic rings. The number of hydrogen-bond acceptors (Lipinski definition) is 5. The van der Waals surface area contributed by atoms with Crippen molar-refractivity contribution in [3.8, 4) is 0 Å². The molecular formula is C12H21N3O2. The van der Waals surface area contributed by atoms with Crippen molar-refractivity contribution in [3.63, 3.8) is 0 Å². The molecule has 1 N–H and O–H groups in total. The molecule has 1 saturated heterocycles. The SMILES string of the molecule is CCCc1noc(CCOC2CCNCC2)n1. The smallest absolute Gasteiger partial charge is 0.228 e. The maximum absolute atomic E-state index is 5.79. The molecule has 0 atom stereocenters. The van der Waals surface area contributed by atoms with E-state index >= 15 is 0 Å². The molecular weight excluding hydrogens is 218 g/mol. The Morgan fingerprint density at radius 1 is 1.35 bits per heavy atom. The van der Waals surface area contributed by atoms with E-state index in [0.29, 0.717) is 18.6 Å². The maximum atomic E-state index is 5.79. The highest BCUT2D eigenvalue weighted by molar-refractivity contribution is 4.86. The molecule has 2 heterocycles. The maximum Gasteiger partial charge on any atom is 0.228 e. The van der Waals surface area contributed by atoms with Crippen molar-refractivity contribution in [2.45, 2.75) is 45.1 Å². The van der Waals surface area contributed by atoms with Crippen LogP contribution in [-0.4, -0.2) is 35.9 Å². The van der Waals surface area contributed by atoms with Gasteiger partial charge in [0.1, 0.15) is 0 Å². The highest BCUT2D eigenvalue weighted by Crippen LogP contribution is 2.08. The van der Waals surface area contributed by atoms with E-state index in [4.69, 9.17) is 9.26 Å². The second kappa shape index (κ2) is 6.71. The topological polar surface area (TPSA) is 60.2 Å². The van der Waals surface area contributed by atoms with Crippen molar-refractivity contribution in [1.82, 2.24) is 15.5 Å². The zero-order valence-electron chi connectivity index (χ0n) is 10.4. The number of piperidine rings is 1. The Labute approximate surface area is 102 Å². The van der Waals surface area contributed by atoms with Gasteiger partial charge in [-0.1, -0.05) is 12.1 Å². The third kappa shape index (κ3) is 4.09. The average molecular weight is 239 g/mol. The van der Waals surface area contributed by atoms with Crippen LogP contribution >= 0.6 is 0 Å². The molecule has 1 aliphatic heterocycles. The molecule has 96 valence electrons. The van der Waals surface area contributed by atoms with Gasteiger partial charge in [-0.2, -0.15) is 4.98 Å².